The number of hydrogen-bond donors (Lipinski definition) is 1. The largest absolute Gasteiger partial charge is 0.482 e. The molecule has 2 aromatic carbocycles. The number of nitrogens with one attached hydrogen (secondary N) is 1. The number of halogens is 4. The van der Waals surface area contributed by atoms with Crippen molar-refractivity contribution in [1.82, 2.24) is 4.31 Å². The van der Waals surface area contributed by atoms with Gasteiger partial charge in [0.05, 0.1) is 5.56 Å². The molecule has 0 aliphatic heterocycles. The minimum absolute atomic E-state index is 0.0643. The van der Waals surface area contributed by atoms with Crippen molar-refractivity contribution in [2.45, 2.75) is 24.9 Å². The molecule has 0 fully saturated rings. The molecule has 30 heavy (non-hydrogen) atoms. The lowest BCUT2D eigenvalue weighted by molar-refractivity contribution is -0.137. The summed E-state index contributed by atoms with van der Waals surface area (Å²) in [4.78, 5) is 11.9. The van der Waals surface area contributed by atoms with Crippen molar-refractivity contribution in [3.63, 3.8) is 0 Å². The Morgan fingerprint density at radius 3 is 2.40 bits per heavy atom. The normalized spacial score (nSPS) is 12.1. The van der Waals surface area contributed by atoms with E-state index in [0.29, 0.717) is 0 Å². The van der Waals surface area contributed by atoms with Crippen LogP contribution in [0.2, 0.25) is 5.02 Å². The van der Waals surface area contributed by atoms with Crippen molar-refractivity contribution in [3.8, 4) is 5.75 Å². The van der Waals surface area contributed by atoms with Gasteiger partial charge in [0, 0.05) is 23.8 Å². The minimum Gasteiger partial charge on any atom is -0.482 e. The summed E-state index contributed by atoms with van der Waals surface area (Å²) >= 11 is 5.93. The van der Waals surface area contributed by atoms with Crippen LogP contribution in [-0.4, -0.2) is 38.3 Å². The maximum absolute atomic E-state index is 12.8. The molecule has 2 aromatic rings. The number of sulfonamides is 1. The maximum atomic E-state index is 12.8. The second-order valence-corrected chi connectivity index (χ2v) is 8.44. The molecule has 0 bridgehead atoms. The molecule has 1 amide bonds. The van der Waals surface area contributed by atoms with Crippen molar-refractivity contribution in [2.75, 3.05) is 25.0 Å². The molecule has 0 radical (unpaired) electrons. The smallest absolute Gasteiger partial charge is 0.416 e. The van der Waals surface area contributed by atoms with Crippen LogP contribution in [0.5, 0.6) is 5.75 Å². The van der Waals surface area contributed by atoms with Gasteiger partial charge in [-0.1, -0.05) is 31.5 Å². The van der Waals surface area contributed by atoms with Gasteiger partial charge >= 0.3 is 6.18 Å². The highest BCUT2D eigenvalue weighted by Gasteiger charge is 2.30. The number of benzene rings is 2. The first-order valence-corrected chi connectivity index (χ1v) is 10.7. The average Bonchev–Trinajstić information content (AvgIpc) is 2.67. The van der Waals surface area contributed by atoms with Crippen LogP contribution in [0.15, 0.2) is 47.4 Å². The van der Waals surface area contributed by atoms with E-state index in [2.05, 4.69) is 5.32 Å². The molecule has 0 aromatic heterocycles. The van der Waals surface area contributed by atoms with Gasteiger partial charge in [0.2, 0.25) is 10.0 Å². The zero-order chi connectivity index (χ0) is 22.5. The van der Waals surface area contributed by atoms with E-state index < -0.39 is 34.3 Å². The second kappa shape index (κ2) is 9.67. The number of carbonyl (C=O) groups is 1. The number of amides is 1. The van der Waals surface area contributed by atoms with Gasteiger partial charge in [-0.3, -0.25) is 4.79 Å². The van der Waals surface area contributed by atoms with Crippen LogP contribution in [0, 0.1) is 0 Å². The van der Waals surface area contributed by atoms with Crippen LogP contribution >= 0.6 is 11.6 Å². The average molecular weight is 465 g/mol. The molecule has 0 saturated heterocycles. The molecule has 0 saturated carbocycles. The fourth-order valence-corrected chi connectivity index (χ4v) is 4.47. The van der Waals surface area contributed by atoms with Crippen LogP contribution in [-0.2, 0) is 21.0 Å². The zero-order valence-electron chi connectivity index (χ0n) is 16.2. The van der Waals surface area contributed by atoms with Crippen molar-refractivity contribution < 1.29 is 31.1 Å². The highest BCUT2D eigenvalue weighted by molar-refractivity contribution is 7.89. The van der Waals surface area contributed by atoms with Crippen LogP contribution in [0.25, 0.3) is 0 Å². The lowest BCUT2D eigenvalue weighted by atomic mass is 10.2. The summed E-state index contributed by atoms with van der Waals surface area (Å²) in [6.07, 6.45) is -4.55. The van der Waals surface area contributed by atoms with Gasteiger partial charge in [0.1, 0.15) is 10.6 Å². The summed E-state index contributed by atoms with van der Waals surface area (Å²) in [6, 6.07) is 8.06. The molecule has 0 atom stereocenters. The predicted molar refractivity (Wildman–Crippen MR) is 107 cm³/mol. The fourth-order valence-electron chi connectivity index (χ4n) is 2.62. The second-order valence-electron chi connectivity index (χ2n) is 6.10. The first kappa shape index (κ1) is 24.0. The first-order valence-electron chi connectivity index (χ1n) is 8.88. The predicted octanol–water partition coefficient (Wildman–Crippen LogP) is 4.41. The topological polar surface area (TPSA) is 75.7 Å². The van der Waals surface area contributed by atoms with E-state index >= 15 is 0 Å². The summed E-state index contributed by atoms with van der Waals surface area (Å²) in [5.74, 6) is -0.846. The molecule has 164 valence electrons. The Kier molecular flexibility index (Phi) is 7.73. The highest BCUT2D eigenvalue weighted by Crippen LogP contribution is 2.31. The third-order valence-electron chi connectivity index (χ3n) is 4.06. The molecule has 11 heteroatoms. The molecule has 6 nitrogen and oxygen atoms in total. The standard InChI is InChI=1S/C19H20ClF3N2O4S/c1-3-25(4-2)30(27,28)17-11-14(20)8-9-16(17)29-12-18(26)24-15-7-5-6-13(10-15)19(21,22)23/h5-11H,3-4,12H2,1-2H3,(H,24,26). The van der Waals surface area contributed by atoms with Gasteiger partial charge in [-0.15, -0.1) is 0 Å². The number of anilines is 1. The first-order chi connectivity index (χ1) is 14.0. The van der Waals surface area contributed by atoms with Crippen LogP contribution in [0.4, 0.5) is 18.9 Å². The molecule has 0 spiro atoms. The van der Waals surface area contributed by atoms with Crippen LogP contribution in [0.1, 0.15) is 19.4 Å². The zero-order valence-corrected chi connectivity index (χ0v) is 17.7. The van der Waals surface area contributed by atoms with Crippen molar-refractivity contribution in [3.05, 3.63) is 53.1 Å². The Morgan fingerprint density at radius 1 is 1.13 bits per heavy atom. The fraction of sp³-hybridized carbons (Fsp3) is 0.316. The number of alkyl halides is 3. The molecule has 0 aliphatic carbocycles. The maximum Gasteiger partial charge on any atom is 0.416 e. The number of ether oxygens (including phenoxy) is 1. The Labute approximate surface area is 177 Å². The number of nitrogens with zero attached hydrogens (tertiary/aromatic N) is 1. The number of carbonyl (C=O) groups excluding carboxylic acids is 1. The van der Waals surface area contributed by atoms with E-state index in [1.54, 1.807) is 13.8 Å². The van der Waals surface area contributed by atoms with Crippen LogP contribution in [0.3, 0.4) is 0 Å². The van der Waals surface area contributed by atoms with Crippen molar-refractivity contribution in [2.24, 2.45) is 0 Å². The van der Waals surface area contributed by atoms with Gasteiger partial charge in [0.15, 0.2) is 6.61 Å². The van der Waals surface area contributed by atoms with E-state index in [-0.39, 0.29) is 34.4 Å². The number of rotatable bonds is 8. The van der Waals surface area contributed by atoms with E-state index in [1.165, 1.54) is 28.6 Å². The Hall–Kier alpha value is -2.30. The summed E-state index contributed by atoms with van der Waals surface area (Å²) in [5.41, 5.74) is -0.975. The van der Waals surface area contributed by atoms with Gasteiger partial charge in [-0.25, -0.2) is 8.42 Å². The Bertz CT molecular complexity index is 1010. The monoisotopic (exact) mass is 464 g/mol. The molecule has 2 rings (SSSR count). The van der Waals surface area contributed by atoms with E-state index in [9.17, 15) is 26.4 Å². The van der Waals surface area contributed by atoms with E-state index in [0.717, 1.165) is 18.2 Å². The summed E-state index contributed by atoms with van der Waals surface area (Å²) in [6.45, 7) is 3.18. The quantitative estimate of drug-likeness (QED) is 0.628. The van der Waals surface area contributed by atoms with Crippen molar-refractivity contribution >= 4 is 33.2 Å². The van der Waals surface area contributed by atoms with Crippen LogP contribution < -0.4 is 10.1 Å². The molecular formula is C19H20ClF3N2O4S. The lowest BCUT2D eigenvalue weighted by Crippen LogP contribution is -2.31. The van der Waals surface area contributed by atoms with E-state index in [4.69, 9.17) is 16.3 Å². The summed E-state index contributed by atoms with van der Waals surface area (Å²) < 4.78 is 70.5. The molecule has 0 aliphatic rings. The highest BCUT2D eigenvalue weighted by atomic mass is 35.5. The molecule has 0 unspecified atom stereocenters. The Morgan fingerprint density at radius 2 is 1.80 bits per heavy atom. The number of hydrogen-bond acceptors (Lipinski definition) is 4. The molecule has 0 heterocycles. The van der Waals surface area contributed by atoms with Gasteiger partial charge < -0.3 is 10.1 Å². The third kappa shape index (κ3) is 5.87. The molecule has 1 N–H and O–H groups in total. The summed E-state index contributed by atoms with van der Waals surface area (Å²) in [7, 11) is -3.92. The molecular weight excluding hydrogens is 445 g/mol. The van der Waals surface area contributed by atoms with Gasteiger partial charge in [-0.05, 0) is 36.4 Å². The summed E-state index contributed by atoms with van der Waals surface area (Å²) in [5, 5.41) is 2.46. The van der Waals surface area contributed by atoms with Crippen molar-refractivity contribution in [1.29, 1.82) is 0 Å². The van der Waals surface area contributed by atoms with E-state index in [1.807, 2.05) is 0 Å². The lowest BCUT2D eigenvalue weighted by Gasteiger charge is -2.20. The third-order valence-corrected chi connectivity index (χ3v) is 6.37. The minimum atomic E-state index is -4.55. The van der Waals surface area contributed by atoms with Gasteiger partial charge in [0.25, 0.3) is 5.91 Å². The van der Waals surface area contributed by atoms with Gasteiger partial charge in [-0.2, -0.15) is 17.5 Å². The Balaban J connectivity index is 2.18. The SMILES string of the molecule is CCN(CC)S(=O)(=O)c1cc(Cl)ccc1OCC(=O)Nc1cccc(C(F)(F)F)c1.